The molecule has 7 nitrogen and oxygen atoms in total. The van der Waals surface area contributed by atoms with Gasteiger partial charge in [-0.3, -0.25) is 10.2 Å². The fourth-order valence-electron chi connectivity index (χ4n) is 2.25. The zero-order valence-corrected chi connectivity index (χ0v) is 14.7. The molecule has 0 fully saturated rings. The van der Waals surface area contributed by atoms with Crippen molar-refractivity contribution in [1.82, 2.24) is 10.6 Å². The van der Waals surface area contributed by atoms with Gasteiger partial charge in [-0.05, 0) is 56.6 Å². The highest BCUT2D eigenvalue weighted by atomic mass is 16.5. The molecule has 1 rings (SSSR count). The second-order valence-corrected chi connectivity index (χ2v) is 5.84. The average Bonchev–Trinajstić information content (AvgIpc) is 2.59. The summed E-state index contributed by atoms with van der Waals surface area (Å²) in [6.07, 6.45) is 3.92. The quantitative estimate of drug-likeness (QED) is 0.186. The molecule has 0 heterocycles. The van der Waals surface area contributed by atoms with Crippen molar-refractivity contribution >= 4 is 11.8 Å². The highest BCUT2D eigenvalue weighted by molar-refractivity contribution is 5.94. The summed E-state index contributed by atoms with van der Waals surface area (Å²) < 4.78 is 5.63. The molecule has 140 valence electrons. The van der Waals surface area contributed by atoms with E-state index >= 15 is 0 Å². The van der Waals surface area contributed by atoms with Gasteiger partial charge < -0.3 is 26.2 Å². The Morgan fingerprint density at radius 1 is 1.00 bits per heavy atom. The fraction of sp³-hybridized carbons (Fsp3) is 0.556. The van der Waals surface area contributed by atoms with Crippen LogP contribution in [-0.4, -0.2) is 49.7 Å². The van der Waals surface area contributed by atoms with Crippen molar-refractivity contribution in [3.05, 3.63) is 29.8 Å². The van der Waals surface area contributed by atoms with Gasteiger partial charge in [-0.15, -0.1) is 0 Å². The van der Waals surface area contributed by atoms with Gasteiger partial charge in [0.05, 0.1) is 6.61 Å². The first-order chi connectivity index (χ1) is 12.1. The van der Waals surface area contributed by atoms with E-state index < -0.39 is 5.97 Å². The summed E-state index contributed by atoms with van der Waals surface area (Å²) in [5, 5.41) is 22.5. The summed E-state index contributed by atoms with van der Waals surface area (Å²) in [7, 11) is 0. The van der Waals surface area contributed by atoms with Crippen LogP contribution in [0.15, 0.2) is 24.3 Å². The summed E-state index contributed by atoms with van der Waals surface area (Å²) in [6.45, 7) is 4.28. The monoisotopic (exact) mass is 350 g/mol. The summed E-state index contributed by atoms with van der Waals surface area (Å²) in [5.74, 6) is 0.133. The average molecular weight is 350 g/mol. The molecule has 25 heavy (non-hydrogen) atoms. The lowest BCUT2D eigenvalue weighted by Gasteiger charge is -2.08. The van der Waals surface area contributed by atoms with Crippen molar-refractivity contribution in [2.24, 2.45) is 5.73 Å². The Morgan fingerprint density at radius 2 is 1.64 bits per heavy atom. The van der Waals surface area contributed by atoms with E-state index in [1.54, 1.807) is 12.1 Å². The molecule has 0 aromatic heterocycles. The molecule has 0 spiro atoms. The van der Waals surface area contributed by atoms with E-state index in [1.807, 2.05) is 12.1 Å². The Bertz CT molecular complexity index is 506. The molecule has 0 saturated carbocycles. The molecule has 1 aromatic carbocycles. The third-order valence-corrected chi connectivity index (χ3v) is 3.65. The maximum atomic E-state index is 10.4. The Kier molecular flexibility index (Phi) is 11.0. The number of hydrogen-bond donors (Lipinski definition) is 5. The van der Waals surface area contributed by atoms with Gasteiger partial charge in [0.25, 0.3) is 0 Å². The number of benzene rings is 1. The number of amidine groups is 1. The number of carboxylic acid groups (broad SMARTS) is 1. The van der Waals surface area contributed by atoms with Crippen molar-refractivity contribution in [3.63, 3.8) is 0 Å². The summed E-state index contributed by atoms with van der Waals surface area (Å²) in [4.78, 5) is 10.4. The van der Waals surface area contributed by atoms with Gasteiger partial charge in [0.2, 0.25) is 0 Å². The number of nitrogen functional groups attached to an aromatic ring is 1. The lowest BCUT2D eigenvalue weighted by molar-refractivity contribution is -0.137. The van der Waals surface area contributed by atoms with E-state index in [9.17, 15) is 4.79 Å². The third-order valence-electron chi connectivity index (χ3n) is 3.65. The van der Waals surface area contributed by atoms with Crippen molar-refractivity contribution in [1.29, 1.82) is 5.41 Å². The number of rotatable bonds is 15. The zero-order valence-electron chi connectivity index (χ0n) is 14.7. The maximum absolute atomic E-state index is 10.4. The molecule has 0 aliphatic carbocycles. The van der Waals surface area contributed by atoms with Crippen LogP contribution in [0.4, 0.5) is 0 Å². The zero-order chi connectivity index (χ0) is 18.3. The maximum Gasteiger partial charge on any atom is 0.303 e. The molecule has 1 aromatic rings. The first kappa shape index (κ1) is 20.9. The normalized spacial score (nSPS) is 10.6. The molecular weight excluding hydrogens is 320 g/mol. The molecule has 0 bridgehead atoms. The topological polar surface area (TPSA) is 120 Å². The number of nitrogens with two attached hydrogens (primary N) is 1. The number of aliphatic carboxylic acids is 1. The number of nitrogens with one attached hydrogen (secondary N) is 3. The molecule has 0 aliphatic rings. The number of carboxylic acids is 1. The smallest absolute Gasteiger partial charge is 0.303 e. The lowest BCUT2D eigenvalue weighted by Crippen LogP contribution is -2.29. The van der Waals surface area contributed by atoms with Crippen LogP contribution in [0, 0.1) is 5.41 Å². The number of carbonyl (C=O) groups is 1. The molecule has 0 radical (unpaired) electrons. The highest BCUT2D eigenvalue weighted by Crippen LogP contribution is 2.11. The van der Waals surface area contributed by atoms with Gasteiger partial charge in [0.1, 0.15) is 11.6 Å². The second kappa shape index (κ2) is 13.2. The van der Waals surface area contributed by atoms with Crippen LogP contribution in [0.3, 0.4) is 0 Å². The molecule has 0 atom stereocenters. The summed E-state index contributed by atoms with van der Waals surface area (Å²) >= 11 is 0. The molecule has 7 heteroatoms. The highest BCUT2D eigenvalue weighted by Gasteiger charge is 1.98. The Hall–Kier alpha value is -2.12. The first-order valence-electron chi connectivity index (χ1n) is 8.80. The minimum atomic E-state index is -0.714. The minimum absolute atomic E-state index is 0.0598. The molecule has 0 unspecified atom stereocenters. The first-order valence-corrected chi connectivity index (χ1v) is 8.80. The van der Waals surface area contributed by atoms with Crippen LogP contribution in [0.25, 0.3) is 0 Å². The van der Waals surface area contributed by atoms with Crippen LogP contribution in [-0.2, 0) is 4.79 Å². The van der Waals surface area contributed by atoms with E-state index in [2.05, 4.69) is 10.6 Å². The molecule has 6 N–H and O–H groups in total. The number of hydrogen-bond acceptors (Lipinski definition) is 5. The molecule has 0 amide bonds. The van der Waals surface area contributed by atoms with Crippen LogP contribution in [0.5, 0.6) is 5.75 Å². The van der Waals surface area contributed by atoms with Crippen LogP contribution in [0.2, 0.25) is 0 Å². The van der Waals surface area contributed by atoms with E-state index in [4.69, 9.17) is 21.0 Å². The van der Waals surface area contributed by atoms with Crippen LogP contribution in [0.1, 0.15) is 37.7 Å². The van der Waals surface area contributed by atoms with Crippen molar-refractivity contribution < 1.29 is 14.6 Å². The van der Waals surface area contributed by atoms with Crippen molar-refractivity contribution in [2.45, 2.75) is 32.1 Å². The second-order valence-electron chi connectivity index (χ2n) is 5.84. The van der Waals surface area contributed by atoms with E-state index in [-0.39, 0.29) is 12.3 Å². The lowest BCUT2D eigenvalue weighted by atomic mass is 10.2. The standard InChI is InChI=1S/C18H30N4O3/c19-18(20)15-6-8-16(9-7-15)25-14-4-11-22-13-12-21-10-3-1-2-5-17(23)24/h6-9,21-22H,1-5,10-14H2,(H3,19,20)(H,23,24). The van der Waals surface area contributed by atoms with E-state index in [1.165, 1.54) is 0 Å². The minimum Gasteiger partial charge on any atom is -0.494 e. The molecule has 0 aliphatic heterocycles. The Labute approximate surface area is 149 Å². The van der Waals surface area contributed by atoms with Gasteiger partial charge in [0, 0.05) is 25.1 Å². The SMILES string of the molecule is N=C(N)c1ccc(OCCCNCCNCCCCCC(=O)O)cc1. The van der Waals surface area contributed by atoms with Crippen molar-refractivity contribution in [3.8, 4) is 5.75 Å². The van der Waals surface area contributed by atoms with Crippen LogP contribution >= 0.6 is 0 Å². The van der Waals surface area contributed by atoms with Gasteiger partial charge in [-0.25, -0.2) is 0 Å². The van der Waals surface area contributed by atoms with Crippen LogP contribution < -0.4 is 21.1 Å². The number of ether oxygens (including phenoxy) is 1. The van der Waals surface area contributed by atoms with E-state index in [0.717, 1.165) is 57.6 Å². The van der Waals surface area contributed by atoms with E-state index in [0.29, 0.717) is 12.2 Å². The largest absolute Gasteiger partial charge is 0.494 e. The summed E-state index contributed by atoms with van der Waals surface area (Å²) in [5.41, 5.74) is 6.10. The Balaban J connectivity index is 1.87. The van der Waals surface area contributed by atoms with Gasteiger partial charge >= 0.3 is 5.97 Å². The number of unbranched alkanes of at least 4 members (excludes halogenated alkanes) is 2. The molecule has 0 saturated heterocycles. The predicted molar refractivity (Wildman–Crippen MR) is 99.4 cm³/mol. The molecular formula is C18H30N4O3. The summed E-state index contributed by atoms with van der Waals surface area (Å²) in [6, 6.07) is 7.21. The Morgan fingerprint density at radius 3 is 2.24 bits per heavy atom. The predicted octanol–water partition coefficient (Wildman–Crippen LogP) is 1.56. The van der Waals surface area contributed by atoms with Crippen molar-refractivity contribution in [2.75, 3.05) is 32.8 Å². The third kappa shape index (κ3) is 11.1. The van der Waals surface area contributed by atoms with Gasteiger partial charge in [0.15, 0.2) is 0 Å². The fourth-order valence-corrected chi connectivity index (χ4v) is 2.25. The van der Waals surface area contributed by atoms with Gasteiger partial charge in [-0.2, -0.15) is 0 Å². The van der Waals surface area contributed by atoms with Gasteiger partial charge in [-0.1, -0.05) is 6.42 Å².